The fraction of sp³-hybridized carbons (Fsp3) is 0.474. The van der Waals surface area contributed by atoms with Gasteiger partial charge in [-0.3, -0.25) is 4.90 Å². The number of piperazine rings is 1. The second-order valence-corrected chi connectivity index (χ2v) is 6.69. The van der Waals surface area contributed by atoms with Crippen molar-refractivity contribution in [1.29, 1.82) is 0 Å². The summed E-state index contributed by atoms with van der Waals surface area (Å²) in [7, 11) is 0. The molecule has 1 aliphatic heterocycles. The highest BCUT2D eigenvalue weighted by atomic mass is 16.4. The Morgan fingerprint density at radius 1 is 1.33 bits per heavy atom. The van der Waals surface area contributed by atoms with Crippen LogP contribution in [0, 0.1) is 0 Å². The van der Waals surface area contributed by atoms with E-state index in [0.29, 0.717) is 23.0 Å². The molecule has 2 aromatic rings. The zero-order chi connectivity index (χ0) is 17.3. The first-order valence-electron chi connectivity index (χ1n) is 8.65. The van der Waals surface area contributed by atoms with Crippen molar-refractivity contribution in [2.75, 3.05) is 24.5 Å². The number of carboxylic acid groups (broad SMARTS) is 1. The van der Waals surface area contributed by atoms with E-state index in [0.717, 1.165) is 37.4 Å². The van der Waals surface area contributed by atoms with Crippen molar-refractivity contribution in [1.82, 2.24) is 9.88 Å². The van der Waals surface area contributed by atoms with E-state index in [9.17, 15) is 9.90 Å². The van der Waals surface area contributed by atoms with Crippen molar-refractivity contribution in [2.24, 2.45) is 0 Å². The molecule has 128 valence electrons. The molecule has 0 radical (unpaired) electrons. The summed E-state index contributed by atoms with van der Waals surface area (Å²) in [6.45, 7) is 9.41. The number of pyridine rings is 1. The monoisotopic (exact) mass is 327 g/mol. The summed E-state index contributed by atoms with van der Waals surface area (Å²) in [4.78, 5) is 21.1. The normalized spacial score (nSPS) is 19.2. The number of aromatic nitrogens is 1. The highest BCUT2D eigenvalue weighted by molar-refractivity contribution is 6.03. The number of aromatic carboxylic acids is 1. The third kappa shape index (κ3) is 3.08. The number of hydrogen-bond donors (Lipinski definition) is 1. The lowest BCUT2D eigenvalue weighted by Gasteiger charge is -2.43. The minimum absolute atomic E-state index is 0.329. The molecule has 2 heterocycles. The van der Waals surface area contributed by atoms with Crippen molar-refractivity contribution in [3.8, 4) is 0 Å². The summed E-state index contributed by atoms with van der Waals surface area (Å²) in [5, 5.41) is 10.3. The highest BCUT2D eigenvalue weighted by Gasteiger charge is 2.28. The molecule has 0 aliphatic carbocycles. The summed E-state index contributed by atoms with van der Waals surface area (Å²) < 4.78 is 0. The Balaban J connectivity index is 1.96. The molecular formula is C19H25N3O2. The average molecular weight is 327 g/mol. The Morgan fingerprint density at radius 2 is 2.08 bits per heavy atom. The van der Waals surface area contributed by atoms with Gasteiger partial charge in [0.2, 0.25) is 0 Å². The van der Waals surface area contributed by atoms with E-state index in [1.807, 2.05) is 24.3 Å². The number of benzene rings is 1. The lowest BCUT2D eigenvalue weighted by molar-refractivity contribution is 0.0699. The number of fused-ring (bicyclic) bond motifs is 1. The van der Waals surface area contributed by atoms with E-state index in [4.69, 9.17) is 4.98 Å². The van der Waals surface area contributed by atoms with Gasteiger partial charge in [0.15, 0.2) is 0 Å². The molecule has 1 aromatic heterocycles. The zero-order valence-corrected chi connectivity index (χ0v) is 14.6. The Labute approximate surface area is 142 Å². The van der Waals surface area contributed by atoms with E-state index in [1.54, 1.807) is 6.07 Å². The van der Waals surface area contributed by atoms with Crippen LogP contribution in [-0.2, 0) is 0 Å². The van der Waals surface area contributed by atoms with Gasteiger partial charge < -0.3 is 10.0 Å². The van der Waals surface area contributed by atoms with Crippen molar-refractivity contribution >= 4 is 22.7 Å². The smallest absolute Gasteiger partial charge is 0.336 e. The van der Waals surface area contributed by atoms with Crippen molar-refractivity contribution in [3.63, 3.8) is 0 Å². The van der Waals surface area contributed by atoms with Gasteiger partial charge in [0.05, 0.1) is 11.1 Å². The number of rotatable bonds is 4. The molecule has 1 fully saturated rings. The van der Waals surface area contributed by atoms with Crippen molar-refractivity contribution in [2.45, 2.75) is 39.3 Å². The van der Waals surface area contributed by atoms with Gasteiger partial charge in [-0.15, -0.1) is 0 Å². The van der Waals surface area contributed by atoms with Crippen LogP contribution in [0.25, 0.3) is 10.9 Å². The van der Waals surface area contributed by atoms with E-state index in [-0.39, 0.29) is 0 Å². The molecule has 5 heteroatoms. The largest absolute Gasteiger partial charge is 0.478 e. The first-order chi connectivity index (χ1) is 11.5. The molecule has 0 saturated carbocycles. The number of para-hydroxylation sites is 1. The fourth-order valence-electron chi connectivity index (χ4n) is 3.62. The highest BCUT2D eigenvalue weighted by Crippen LogP contribution is 2.26. The summed E-state index contributed by atoms with van der Waals surface area (Å²) in [5.74, 6) is -0.129. The van der Waals surface area contributed by atoms with Crippen LogP contribution in [0.15, 0.2) is 30.3 Å². The standard InChI is InChI=1S/C19H25N3O2/c1-4-14-12-21(9-10-22(14)13(2)3)18-11-16(19(23)24)15-7-5-6-8-17(15)20-18/h5-8,11,13-14H,4,9-10,12H2,1-3H3,(H,23,24). The van der Waals surface area contributed by atoms with Gasteiger partial charge in [-0.05, 0) is 32.4 Å². The first-order valence-corrected chi connectivity index (χ1v) is 8.65. The minimum Gasteiger partial charge on any atom is -0.478 e. The molecule has 0 spiro atoms. The number of carboxylic acids is 1. The lowest BCUT2D eigenvalue weighted by Crippen LogP contribution is -2.55. The quantitative estimate of drug-likeness (QED) is 0.934. The lowest BCUT2D eigenvalue weighted by atomic mass is 10.1. The van der Waals surface area contributed by atoms with Crippen molar-refractivity contribution < 1.29 is 9.90 Å². The molecule has 1 aromatic carbocycles. The van der Waals surface area contributed by atoms with Crippen LogP contribution in [0.4, 0.5) is 5.82 Å². The fourth-order valence-corrected chi connectivity index (χ4v) is 3.62. The second kappa shape index (κ2) is 6.77. The summed E-state index contributed by atoms with van der Waals surface area (Å²) >= 11 is 0. The summed E-state index contributed by atoms with van der Waals surface area (Å²) in [6.07, 6.45) is 1.08. The predicted octanol–water partition coefficient (Wildman–Crippen LogP) is 3.24. The van der Waals surface area contributed by atoms with Gasteiger partial charge in [0, 0.05) is 37.1 Å². The van der Waals surface area contributed by atoms with E-state index in [1.165, 1.54) is 0 Å². The maximum absolute atomic E-state index is 11.7. The van der Waals surface area contributed by atoms with Gasteiger partial charge in [-0.1, -0.05) is 25.1 Å². The molecule has 0 bridgehead atoms. The van der Waals surface area contributed by atoms with Crippen molar-refractivity contribution in [3.05, 3.63) is 35.9 Å². The molecule has 0 amide bonds. The minimum atomic E-state index is -0.900. The summed E-state index contributed by atoms with van der Waals surface area (Å²) in [6, 6.07) is 10.2. The molecule has 24 heavy (non-hydrogen) atoms. The maximum Gasteiger partial charge on any atom is 0.336 e. The summed E-state index contributed by atoms with van der Waals surface area (Å²) in [5.41, 5.74) is 1.07. The van der Waals surface area contributed by atoms with Crippen LogP contribution in [0.2, 0.25) is 0 Å². The van der Waals surface area contributed by atoms with Crippen LogP contribution in [-0.4, -0.2) is 52.7 Å². The number of anilines is 1. The van der Waals surface area contributed by atoms with E-state index in [2.05, 4.69) is 30.6 Å². The van der Waals surface area contributed by atoms with E-state index >= 15 is 0 Å². The third-order valence-electron chi connectivity index (χ3n) is 4.92. The van der Waals surface area contributed by atoms with Crippen LogP contribution >= 0.6 is 0 Å². The predicted molar refractivity (Wildman–Crippen MR) is 96.8 cm³/mol. The van der Waals surface area contributed by atoms with Crippen LogP contribution in [0.3, 0.4) is 0 Å². The molecule has 1 saturated heterocycles. The third-order valence-corrected chi connectivity index (χ3v) is 4.92. The second-order valence-electron chi connectivity index (χ2n) is 6.69. The van der Waals surface area contributed by atoms with Gasteiger partial charge in [0.25, 0.3) is 0 Å². The number of hydrogen-bond acceptors (Lipinski definition) is 4. The molecule has 1 aliphatic rings. The van der Waals surface area contributed by atoms with Crippen LogP contribution in [0.5, 0.6) is 0 Å². The van der Waals surface area contributed by atoms with E-state index < -0.39 is 5.97 Å². The molecule has 3 rings (SSSR count). The van der Waals surface area contributed by atoms with Gasteiger partial charge >= 0.3 is 5.97 Å². The molecular weight excluding hydrogens is 302 g/mol. The molecule has 1 unspecified atom stereocenters. The maximum atomic E-state index is 11.7. The SMILES string of the molecule is CCC1CN(c2cc(C(=O)O)c3ccccc3n2)CCN1C(C)C. The van der Waals surface area contributed by atoms with Gasteiger partial charge in [-0.25, -0.2) is 9.78 Å². The average Bonchev–Trinajstić information content (AvgIpc) is 2.59. The molecule has 1 N–H and O–H groups in total. The molecule has 1 atom stereocenters. The van der Waals surface area contributed by atoms with Crippen LogP contribution in [0.1, 0.15) is 37.6 Å². The van der Waals surface area contributed by atoms with Gasteiger partial charge in [-0.2, -0.15) is 0 Å². The van der Waals surface area contributed by atoms with Gasteiger partial charge in [0.1, 0.15) is 5.82 Å². The Bertz CT molecular complexity index is 744. The number of carbonyl (C=O) groups is 1. The Kier molecular flexibility index (Phi) is 4.71. The first kappa shape index (κ1) is 16.7. The van der Waals surface area contributed by atoms with Crippen LogP contribution < -0.4 is 4.90 Å². The Hall–Kier alpha value is -2.14. The molecule has 5 nitrogen and oxygen atoms in total. The number of nitrogens with zero attached hydrogens (tertiary/aromatic N) is 3. The zero-order valence-electron chi connectivity index (χ0n) is 14.6. The topological polar surface area (TPSA) is 56.7 Å². The Morgan fingerprint density at radius 3 is 2.75 bits per heavy atom.